The zero-order chi connectivity index (χ0) is 30.5. The summed E-state index contributed by atoms with van der Waals surface area (Å²) < 4.78 is 13.0. The van der Waals surface area contributed by atoms with Crippen LogP contribution in [0.4, 0.5) is 0 Å². The van der Waals surface area contributed by atoms with Crippen LogP contribution in [0.5, 0.6) is 0 Å². The van der Waals surface area contributed by atoms with E-state index in [9.17, 15) is 0 Å². The zero-order valence-corrected chi connectivity index (χ0v) is 29.6. The molecule has 6 aliphatic carbocycles. The molecule has 0 saturated heterocycles. The first-order valence-electron chi connectivity index (χ1n) is 20.2. The van der Waals surface area contributed by atoms with Crippen LogP contribution in [0.3, 0.4) is 0 Å². The Balaban J connectivity index is 1.13. The number of hydrogen-bond acceptors (Lipinski definition) is 4. The van der Waals surface area contributed by atoms with Gasteiger partial charge in [-0.25, -0.2) is 0 Å². The van der Waals surface area contributed by atoms with Gasteiger partial charge in [0.1, 0.15) is 0 Å². The average Bonchev–Trinajstić information content (AvgIpc) is 3.06. The van der Waals surface area contributed by atoms with Crippen molar-refractivity contribution in [2.24, 2.45) is 23.7 Å². The highest BCUT2D eigenvalue weighted by Gasteiger charge is 2.46. The molecule has 6 saturated carbocycles. The molecule has 0 aromatic heterocycles. The molecule has 44 heavy (non-hydrogen) atoms. The van der Waals surface area contributed by atoms with Gasteiger partial charge in [-0.1, -0.05) is 78.1 Å². The standard InChI is InChI=1S/C40H72N2O2/c1-29-13-11-19-35(25-29)41(33-15-7-5-8-16-33)37-23-21-31(27-39(37)43-3)32-22-24-38(40(28-32)44-4)42(34-17-9-6-10-18-34)36-20-12-14-30(2)26-36/h29-40H,5-28H2,1-4H3. The number of ether oxygens (including phenoxy) is 2. The van der Waals surface area contributed by atoms with E-state index in [0.29, 0.717) is 24.3 Å². The minimum atomic E-state index is 0.411. The van der Waals surface area contributed by atoms with Crippen molar-refractivity contribution in [2.45, 2.75) is 216 Å². The maximum Gasteiger partial charge on any atom is 0.0729 e. The Labute approximate surface area is 273 Å². The van der Waals surface area contributed by atoms with Gasteiger partial charge in [0.05, 0.1) is 12.2 Å². The molecule has 6 rings (SSSR count). The van der Waals surface area contributed by atoms with Gasteiger partial charge < -0.3 is 9.47 Å². The van der Waals surface area contributed by atoms with Crippen molar-refractivity contribution in [1.29, 1.82) is 0 Å². The third-order valence-electron chi connectivity index (χ3n) is 14.3. The molecule has 10 atom stereocenters. The van der Waals surface area contributed by atoms with Gasteiger partial charge in [0.25, 0.3) is 0 Å². The summed E-state index contributed by atoms with van der Waals surface area (Å²) >= 11 is 0. The Hall–Kier alpha value is -0.160. The Morgan fingerprint density at radius 1 is 0.386 bits per heavy atom. The summed E-state index contributed by atoms with van der Waals surface area (Å²) in [5.74, 6) is 3.41. The quantitative estimate of drug-likeness (QED) is 0.259. The largest absolute Gasteiger partial charge is 0.380 e. The highest BCUT2D eigenvalue weighted by Crippen LogP contribution is 2.46. The fourth-order valence-corrected chi connectivity index (χ4v) is 12.1. The van der Waals surface area contributed by atoms with E-state index in [1.54, 1.807) is 0 Å². The maximum atomic E-state index is 6.51. The number of rotatable bonds is 9. The Morgan fingerprint density at radius 3 is 1.14 bits per heavy atom. The van der Waals surface area contributed by atoms with Crippen LogP contribution < -0.4 is 0 Å². The van der Waals surface area contributed by atoms with E-state index in [-0.39, 0.29) is 0 Å². The van der Waals surface area contributed by atoms with Crippen molar-refractivity contribution >= 4 is 0 Å². The lowest BCUT2D eigenvalue weighted by molar-refractivity contribution is -0.0981. The predicted octanol–water partition coefficient (Wildman–Crippen LogP) is 9.78. The molecule has 0 aliphatic heterocycles. The van der Waals surface area contributed by atoms with Gasteiger partial charge >= 0.3 is 0 Å². The molecule has 0 aromatic rings. The molecule has 0 N–H and O–H groups in total. The van der Waals surface area contributed by atoms with Crippen molar-refractivity contribution in [3.63, 3.8) is 0 Å². The van der Waals surface area contributed by atoms with Crippen molar-refractivity contribution in [2.75, 3.05) is 14.2 Å². The van der Waals surface area contributed by atoms with Gasteiger partial charge in [-0.15, -0.1) is 0 Å². The van der Waals surface area contributed by atoms with Crippen LogP contribution in [-0.2, 0) is 9.47 Å². The third-order valence-corrected chi connectivity index (χ3v) is 14.3. The molecule has 0 aromatic carbocycles. The van der Waals surface area contributed by atoms with Crippen LogP contribution >= 0.6 is 0 Å². The summed E-state index contributed by atoms with van der Waals surface area (Å²) in [4.78, 5) is 6.22. The SMILES string of the molecule is COC1CC(C2CCC(N(C3CCCCC3)C3CCCC(C)C3)C(OC)C2)CCC1N(C1CCCCC1)C1CCCC(C)C1. The van der Waals surface area contributed by atoms with Crippen LogP contribution in [-0.4, -0.2) is 72.5 Å². The van der Waals surface area contributed by atoms with E-state index in [1.165, 1.54) is 154 Å². The molecule has 6 fully saturated rings. The molecule has 0 amide bonds. The molecule has 6 aliphatic rings. The molecule has 4 nitrogen and oxygen atoms in total. The van der Waals surface area contributed by atoms with E-state index >= 15 is 0 Å². The van der Waals surface area contributed by atoms with E-state index in [0.717, 1.165) is 47.8 Å². The highest BCUT2D eigenvalue weighted by atomic mass is 16.5. The summed E-state index contributed by atoms with van der Waals surface area (Å²) in [7, 11) is 4.09. The minimum absolute atomic E-state index is 0.411. The van der Waals surface area contributed by atoms with Crippen molar-refractivity contribution in [1.82, 2.24) is 9.80 Å². The van der Waals surface area contributed by atoms with Crippen molar-refractivity contribution < 1.29 is 9.47 Å². The molecule has 4 heteroatoms. The van der Waals surface area contributed by atoms with Gasteiger partial charge in [-0.2, -0.15) is 0 Å². The molecular weight excluding hydrogens is 540 g/mol. The summed E-state index contributed by atoms with van der Waals surface area (Å²) in [6.07, 6.45) is 34.7. The third kappa shape index (κ3) is 7.92. The van der Waals surface area contributed by atoms with E-state index in [1.807, 2.05) is 14.2 Å². The van der Waals surface area contributed by atoms with Gasteiger partial charge in [-0.3, -0.25) is 9.80 Å². The lowest BCUT2D eigenvalue weighted by Crippen LogP contribution is -2.59. The Bertz CT molecular complexity index is 771. The molecule has 0 spiro atoms. The first kappa shape index (κ1) is 33.7. The smallest absolute Gasteiger partial charge is 0.0729 e. The normalized spacial score (nSPS) is 42.1. The monoisotopic (exact) mass is 613 g/mol. The first-order valence-corrected chi connectivity index (χ1v) is 20.2. The lowest BCUT2D eigenvalue weighted by Gasteiger charge is -2.53. The van der Waals surface area contributed by atoms with Crippen LogP contribution in [0.2, 0.25) is 0 Å². The maximum absolute atomic E-state index is 6.51. The summed E-state index contributed by atoms with van der Waals surface area (Å²) in [5.41, 5.74) is 0. The fraction of sp³-hybridized carbons (Fsp3) is 1.00. The van der Waals surface area contributed by atoms with E-state index in [2.05, 4.69) is 23.6 Å². The highest BCUT2D eigenvalue weighted by molar-refractivity contribution is 5.00. The molecular formula is C40H72N2O2. The second-order valence-electron chi connectivity index (χ2n) is 17.2. The molecule has 10 unspecified atom stereocenters. The van der Waals surface area contributed by atoms with Crippen LogP contribution in [0.15, 0.2) is 0 Å². The van der Waals surface area contributed by atoms with Crippen molar-refractivity contribution in [3.8, 4) is 0 Å². The predicted molar refractivity (Wildman–Crippen MR) is 184 cm³/mol. The number of methoxy groups -OCH3 is 2. The van der Waals surface area contributed by atoms with E-state index < -0.39 is 0 Å². The average molecular weight is 613 g/mol. The van der Waals surface area contributed by atoms with Gasteiger partial charge in [0, 0.05) is 50.5 Å². The number of hydrogen-bond donors (Lipinski definition) is 0. The van der Waals surface area contributed by atoms with Gasteiger partial charge in [0.2, 0.25) is 0 Å². The summed E-state index contributed by atoms with van der Waals surface area (Å²) in [5, 5.41) is 0. The summed E-state index contributed by atoms with van der Waals surface area (Å²) in [6, 6.07) is 4.48. The minimum Gasteiger partial charge on any atom is -0.380 e. The lowest BCUT2D eigenvalue weighted by atomic mass is 9.68. The molecule has 254 valence electrons. The van der Waals surface area contributed by atoms with E-state index in [4.69, 9.17) is 9.47 Å². The Morgan fingerprint density at radius 2 is 0.773 bits per heavy atom. The first-order chi connectivity index (χ1) is 21.6. The Kier molecular flexibility index (Phi) is 12.5. The van der Waals surface area contributed by atoms with Gasteiger partial charge in [0.15, 0.2) is 0 Å². The van der Waals surface area contributed by atoms with Gasteiger partial charge in [-0.05, 0) is 114 Å². The van der Waals surface area contributed by atoms with Crippen LogP contribution in [0.25, 0.3) is 0 Å². The number of nitrogens with zero attached hydrogens (tertiary/aromatic N) is 2. The van der Waals surface area contributed by atoms with Crippen LogP contribution in [0, 0.1) is 23.7 Å². The summed E-state index contributed by atoms with van der Waals surface area (Å²) in [6.45, 7) is 5.03. The molecule has 0 heterocycles. The second-order valence-corrected chi connectivity index (χ2v) is 17.2. The van der Waals surface area contributed by atoms with Crippen molar-refractivity contribution in [3.05, 3.63) is 0 Å². The fourth-order valence-electron chi connectivity index (χ4n) is 12.1. The van der Waals surface area contributed by atoms with Crippen LogP contribution in [0.1, 0.15) is 168 Å². The molecule has 0 radical (unpaired) electrons. The second kappa shape index (κ2) is 16.3. The molecule has 0 bridgehead atoms. The zero-order valence-electron chi connectivity index (χ0n) is 29.6. The topological polar surface area (TPSA) is 24.9 Å².